The highest BCUT2D eigenvalue weighted by Crippen LogP contribution is 2.32. The molecule has 1 aromatic heterocycles. The van der Waals surface area contributed by atoms with Crippen LogP contribution in [0.4, 0.5) is 0 Å². The van der Waals surface area contributed by atoms with Gasteiger partial charge in [-0.25, -0.2) is 0 Å². The van der Waals surface area contributed by atoms with Crippen molar-refractivity contribution in [3.05, 3.63) is 19.2 Å². The molecule has 104 valence electrons. The molecule has 3 nitrogen and oxygen atoms in total. The summed E-state index contributed by atoms with van der Waals surface area (Å²) in [5.74, 6) is -0.0759. The molecule has 0 saturated carbocycles. The number of thiophene rings is 1. The number of nitrogens with two attached hydrogens (primary N) is 1. The topological polar surface area (TPSA) is 55.1 Å². The van der Waals surface area contributed by atoms with Gasteiger partial charge in [-0.3, -0.25) is 4.79 Å². The Balaban J connectivity index is 0.00000289. The van der Waals surface area contributed by atoms with Crippen molar-refractivity contribution in [3.8, 4) is 0 Å². The van der Waals surface area contributed by atoms with Gasteiger partial charge in [0.2, 0.25) is 0 Å². The van der Waals surface area contributed by atoms with Crippen LogP contribution in [0.25, 0.3) is 0 Å². The lowest BCUT2D eigenvalue weighted by Crippen LogP contribution is -2.52. The molecule has 0 aromatic carbocycles. The average Bonchev–Trinajstić information content (AvgIpc) is 2.65. The van der Waals surface area contributed by atoms with Crippen molar-refractivity contribution >= 4 is 61.5 Å². The average molecular weight is 421 g/mol. The van der Waals surface area contributed by atoms with E-state index in [1.165, 1.54) is 11.3 Å². The van der Waals surface area contributed by atoms with Crippen molar-refractivity contribution in [1.82, 2.24) is 5.32 Å². The van der Waals surface area contributed by atoms with Gasteiger partial charge < -0.3 is 11.1 Å². The van der Waals surface area contributed by atoms with Gasteiger partial charge in [-0.15, -0.1) is 23.7 Å². The summed E-state index contributed by atoms with van der Waals surface area (Å²) >= 11 is 8.24. The SMILES string of the molecule is CCC(CC)(CN)NC(=O)c1cc(Br)sc1Br.Cl. The zero-order valence-electron chi connectivity index (χ0n) is 10.3. The Morgan fingerprint density at radius 3 is 2.33 bits per heavy atom. The maximum absolute atomic E-state index is 12.2. The van der Waals surface area contributed by atoms with E-state index in [2.05, 4.69) is 37.2 Å². The zero-order valence-corrected chi connectivity index (χ0v) is 15.1. The highest BCUT2D eigenvalue weighted by molar-refractivity contribution is 9.12. The quantitative estimate of drug-likeness (QED) is 0.758. The van der Waals surface area contributed by atoms with Crippen LogP contribution in [-0.4, -0.2) is 18.0 Å². The summed E-state index contributed by atoms with van der Waals surface area (Å²) in [6, 6.07) is 1.82. The highest BCUT2D eigenvalue weighted by Gasteiger charge is 2.27. The lowest BCUT2D eigenvalue weighted by molar-refractivity contribution is 0.0895. The molecule has 0 fully saturated rings. The molecule has 0 radical (unpaired) electrons. The van der Waals surface area contributed by atoms with Gasteiger partial charge in [0.25, 0.3) is 5.91 Å². The van der Waals surface area contributed by atoms with Crippen molar-refractivity contribution in [1.29, 1.82) is 0 Å². The van der Waals surface area contributed by atoms with Crippen LogP contribution in [0.3, 0.4) is 0 Å². The first-order valence-corrected chi connectivity index (χ1v) is 7.85. The van der Waals surface area contributed by atoms with E-state index in [0.717, 1.165) is 20.4 Å². The minimum absolute atomic E-state index is 0. The van der Waals surface area contributed by atoms with Gasteiger partial charge in [0.15, 0.2) is 0 Å². The summed E-state index contributed by atoms with van der Waals surface area (Å²) in [6.45, 7) is 4.53. The molecule has 0 saturated heterocycles. The van der Waals surface area contributed by atoms with Gasteiger partial charge in [0.05, 0.1) is 18.7 Å². The fourth-order valence-corrected chi connectivity index (χ4v) is 4.36. The standard InChI is InChI=1S/C11H16Br2N2OS.ClH/c1-3-11(4-2,6-14)15-10(16)7-5-8(12)17-9(7)13;/h5H,3-4,6,14H2,1-2H3,(H,15,16);1H. The highest BCUT2D eigenvalue weighted by atomic mass is 79.9. The van der Waals surface area contributed by atoms with Crippen molar-refractivity contribution in [3.63, 3.8) is 0 Å². The Bertz CT molecular complexity index is 399. The molecule has 1 heterocycles. The molecule has 0 atom stereocenters. The fraction of sp³-hybridized carbons (Fsp3) is 0.545. The van der Waals surface area contributed by atoms with Crippen LogP contribution in [0.15, 0.2) is 13.6 Å². The van der Waals surface area contributed by atoms with Gasteiger partial charge >= 0.3 is 0 Å². The van der Waals surface area contributed by atoms with Crippen LogP contribution in [0.1, 0.15) is 37.0 Å². The van der Waals surface area contributed by atoms with E-state index >= 15 is 0 Å². The van der Waals surface area contributed by atoms with Crippen LogP contribution in [-0.2, 0) is 0 Å². The maximum atomic E-state index is 12.2. The molecule has 0 unspecified atom stereocenters. The third-order valence-corrected chi connectivity index (χ3v) is 5.36. The Morgan fingerprint density at radius 2 is 2.00 bits per heavy atom. The zero-order chi connectivity index (χ0) is 13.1. The molecule has 1 amide bonds. The number of halogens is 3. The van der Waals surface area contributed by atoms with Gasteiger partial charge in [0.1, 0.15) is 0 Å². The molecule has 18 heavy (non-hydrogen) atoms. The number of carbonyl (C=O) groups excluding carboxylic acids is 1. The maximum Gasteiger partial charge on any atom is 0.253 e. The van der Waals surface area contributed by atoms with Crippen LogP contribution < -0.4 is 11.1 Å². The molecule has 0 aliphatic carbocycles. The normalized spacial score (nSPS) is 10.9. The Hall–Kier alpha value is 0.380. The third kappa shape index (κ3) is 4.20. The van der Waals surface area contributed by atoms with Gasteiger partial charge in [0, 0.05) is 6.54 Å². The Morgan fingerprint density at radius 1 is 1.44 bits per heavy atom. The molecular formula is C11H17Br2ClN2OS. The van der Waals surface area contributed by atoms with Crippen LogP contribution in [0.2, 0.25) is 0 Å². The van der Waals surface area contributed by atoms with Crippen LogP contribution in [0.5, 0.6) is 0 Å². The van der Waals surface area contributed by atoms with E-state index in [1.54, 1.807) is 0 Å². The summed E-state index contributed by atoms with van der Waals surface area (Å²) in [7, 11) is 0. The molecule has 0 spiro atoms. The Labute approximate surface area is 135 Å². The first-order valence-electron chi connectivity index (χ1n) is 5.45. The summed E-state index contributed by atoms with van der Waals surface area (Å²) in [5.41, 5.74) is 6.12. The van der Waals surface area contributed by atoms with E-state index < -0.39 is 0 Å². The van der Waals surface area contributed by atoms with Crippen molar-refractivity contribution in [2.24, 2.45) is 5.73 Å². The first kappa shape index (κ1) is 18.4. The summed E-state index contributed by atoms with van der Waals surface area (Å²) in [5, 5.41) is 3.04. The molecular weight excluding hydrogens is 403 g/mol. The molecule has 7 heteroatoms. The molecule has 1 rings (SSSR count). The second-order valence-corrected chi connectivity index (χ2v) is 7.63. The number of hydrogen-bond donors (Lipinski definition) is 2. The van der Waals surface area contributed by atoms with Gasteiger partial charge in [-0.2, -0.15) is 0 Å². The number of rotatable bonds is 5. The van der Waals surface area contributed by atoms with Crippen molar-refractivity contribution < 1.29 is 4.79 Å². The van der Waals surface area contributed by atoms with E-state index in [0.29, 0.717) is 12.1 Å². The monoisotopic (exact) mass is 418 g/mol. The van der Waals surface area contributed by atoms with Gasteiger partial charge in [-0.05, 0) is 50.8 Å². The molecule has 0 bridgehead atoms. The Kier molecular flexibility index (Phi) is 8.01. The minimum atomic E-state index is -0.301. The van der Waals surface area contributed by atoms with Gasteiger partial charge in [-0.1, -0.05) is 13.8 Å². The largest absolute Gasteiger partial charge is 0.345 e. The van der Waals surface area contributed by atoms with Crippen molar-refractivity contribution in [2.45, 2.75) is 32.2 Å². The summed E-state index contributed by atoms with van der Waals surface area (Å²) < 4.78 is 1.76. The predicted molar refractivity (Wildman–Crippen MR) is 86.8 cm³/mol. The van der Waals surface area contributed by atoms with Crippen LogP contribution in [0, 0.1) is 0 Å². The third-order valence-electron chi connectivity index (χ3n) is 3.02. The second kappa shape index (κ2) is 7.85. The molecule has 0 aliphatic heterocycles. The lowest BCUT2D eigenvalue weighted by atomic mass is 9.92. The molecule has 0 aliphatic rings. The van der Waals surface area contributed by atoms with Crippen LogP contribution >= 0.6 is 55.6 Å². The number of hydrogen-bond acceptors (Lipinski definition) is 3. The lowest BCUT2D eigenvalue weighted by Gasteiger charge is -2.31. The smallest absolute Gasteiger partial charge is 0.253 e. The number of carbonyl (C=O) groups is 1. The summed E-state index contributed by atoms with van der Waals surface area (Å²) in [6.07, 6.45) is 1.66. The molecule has 1 aromatic rings. The van der Waals surface area contributed by atoms with E-state index in [-0.39, 0.29) is 23.9 Å². The van der Waals surface area contributed by atoms with E-state index in [1.807, 2.05) is 19.9 Å². The number of nitrogens with one attached hydrogen (secondary N) is 1. The predicted octanol–water partition coefficient (Wildman–Crippen LogP) is 3.94. The minimum Gasteiger partial charge on any atom is -0.345 e. The second-order valence-electron chi connectivity index (χ2n) is 3.88. The van der Waals surface area contributed by atoms with Crippen molar-refractivity contribution in [2.75, 3.05) is 6.54 Å². The number of amides is 1. The molecule has 3 N–H and O–H groups in total. The first-order chi connectivity index (χ1) is 7.98. The van der Waals surface area contributed by atoms with E-state index in [9.17, 15) is 4.79 Å². The summed E-state index contributed by atoms with van der Waals surface area (Å²) in [4.78, 5) is 12.2. The van der Waals surface area contributed by atoms with E-state index in [4.69, 9.17) is 5.73 Å². The fourth-order valence-electron chi connectivity index (χ4n) is 1.57.